The lowest BCUT2D eigenvalue weighted by Gasteiger charge is -2.08. The first-order chi connectivity index (χ1) is 16.0. The summed E-state index contributed by atoms with van der Waals surface area (Å²) >= 11 is 3.32. The number of fused-ring (bicyclic) bond motifs is 2. The molecular formula is C21H20BrFN8O2. The summed E-state index contributed by atoms with van der Waals surface area (Å²) in [7, 11) is 0. The Kier molecular flexibility index (Phi) is 5.75. The van der Waals surface area contributed by atoms with Crippen LogP contribution in [0.3, 0.4) is 0 Å². The number of unbranched alkanes of at least 4 members (excludes halogenated alkanes) is 1. The fourth-order valence-electron chi connectivity index (χ4n) is 3.76. The lowest BCUT2D eigenvalue weighted by atomic mass is 10.1. The number of nitrogens with one attached hydrogen (secondary N) is 1. The number of aromatic nitrogens is 8. The monoisotopic (exact) mass is 514 g/mol. The molecule has 0 unspecified atom stereocenters. The molecular weight excluding hydrogens is 495 g/mol. The molecule has 0 aliphatic carbocycles. The van der Waals surface area contributed by atoms with Gasteiger partial charge in [0.1, 0.15) is 11.6 Å². The molecule has 1 N–H and O–H groups in total. The van der Waals surface area contributed by atoms with Crippen LogP contribution in [0, 0.1) is 5.82 Å². The van der Waals surface area contributed by atoms with E-state index in [0.717, 1.165) is 12.8 Å². The maximum Gasteiger partial charge on any atom is 0.286 e. The van der Waals surface area contributed by atoms with Gasteiger partial charge in [0.2, 0.25) is 11.7 Å². The van der Waals surface area contributed by atoms with Crippen LogP contribution in [0.1, 0.15) is 42.9 Å². The van der Waals surface area contributed by atoms with Crippen LogP contribution in [-0.2, 0) is 25.8 Å². The van der Waals surface area contributed by atoms with Gasteiger partial charge in [-0.05, 0) is 34.0 Å². The van der Waals surface area contributed by atoms with Crippen LogP contribution >= 0.6 is 15.9 Å². The molecule has 0 saturated heterocycles. The molecule has 0 aliphatic heterocycles. The predicted molar refractivity (Wildman–Crippen MR) is 120 cm³/mol. The van der Waals surface area contributed by atoms with E-state index in [4.69, 9.17) is 4.52 Å². The molecule has 33 heavy (non-hydrogen) atoms. The van der Waals surface area contributed by atoms with Gasteiger partial charge < -0.3 is 9.51 Å². The number of rotatable bonds is 8. The van der Waals surface area contributed by atoms with Crippen LogP contribution in [0.2, 0.25) is 0 Å². The Morgan fingerprint density at radius 3 is 2.85 bits per heavy atom. The van der Waals surface area contributed by atoms with E-state index in [9.17, 15) is 9.18 Å². The lowest BCUT2D eigenvalue weighted by Crippen LogP contribution is -2.21. The van der Waals surface area contributed by atoms with Crippen molar-refractivity contribution >= 4 is 32.9 Å². The summed E-state index contributed by atoms with van der Waals surface area (Å²) in [6, 6.07) is 6.48. The molecule has 1 aromatic carbocycles. The summed E-state index contributed by atoms with van der Waals surface area (Å²) < 4.78 is 23.1. The first-order valence-corrected chi connectivity index (χ1v) is 11.4. The van der Waals surface area contributed by atoms with Crippen LogP contribution in [0.25, 0.3) is 16.9 Å². The summed E-state index contributed by atoms with van der Waals surface area (Å²) in [6.45, 7) is 2.76. The molecule has 0 saturated carbocycles. The van der Waals surface area contributed by atoms with Gasteiger partial charge in [-0.25, -0.2) is 13.8 Å². The summed E-state index contributed by atoms with van der Waals surface area (Å²) in [5.41, 5.74) is 1.16. The largest absolute Gasteiger partial charge is 0.339 e. The normalized spacial score (nSPS) is 11.7. The van der Waals surface area contributed by atoms with Crippen LogP contribution < -0.4 is 5.56 Å². The van der Waals surface area contributed by atoms with E-state index in [1.807, 2.05) is 4.57 Å². The highest BCUT2D eigenvalue weighted by Crippen LogP contribution is 2.17. The van der Waals surface area contributed by atoms with E-state index in [0.29, 0.717) is 64.2 Å². The Labute approximate surface area is 195 Å². The summed E-state index contributed by atoms with van der Waals surface area (Å²) in [5, 5.41) is 12.5. The Morgan fingerprint density at radius 2 is 2.03 bits per heavy atom. The van der Waals surface area contributed by atoms with Crippen molar-refractivity contribution in [2.75, 3.05) is 0 Å². The number of aryl methyl sites for hydroxylation is 3. The van der Waals surface area contributed by atoms with Gasteiger partial charge in [0.05, 0.1) is 0 Å². The average molecular weight is 515 g/mol. The Bertz CT molecular complexity index is 1500. The van der Waals surface area contributed by atoms with Crippen molar-refractivity contribution in [3.05, 3.63) is 68.3 Å². The Balaban J connectivity index is 1.42. The number of nitrogens with zero attached hydrogens (tertiary/aromatic N) is 7. The molecule has 4 aromatic heterocycles. The molecule has 0 atom stereocenters. The number of halogens is 2. The molecule has 0 spiro atoms. The van der Waals surface area contributed by atoms with Crippen molar-refractivity contribution in [3.63, 3.8) is 0 Å². The number of hydrogen-bond donors (Lipinski definition) is 1. The molecule has 12 heteroatoms. The lowest BCUT2D eigenvalue weighted by molar-refractivity contribution is 0.372. The highest BCUT2D eigenvalue weighted by atomic mass is 79.9. The number of benzene rings is 1. The third-order valence-corrected chi connectivity index (χ3v) is 5.77. The van der Waals surface area contributed by atoms with E-state index < -0.39 is 0 Å². The van der Waals surface area contributed by atoms with E-state index in [1.165, 1.54) is 10.5 Å². The van der Waals surface area contributed by atoms with Crippen LogP contribution in [0.5, 0.6) is 0 Å². The zero-order valence-corrected chi connectivity index (χ0v) is 19.3. The van der Waals surface area contributed by atoms with Gasteiger partial charge in [0.15, 0.2) is 21.7 Å². The second-order valence-electron chi connectivity index (χ2n) is 7.66. The minimum absolute atomic E-state index is 0.235. The standard InChI is InChI=1S/C21H20BrFN8O2/c1-2-3-10-30-18-17(25-20(22)26-18)19(32)31-15(27-28-21(30)31)8-9-16-24-14(29-33-16)11-12-6-4-5-7-13(12)23/h4-7H,2-3,8-11H2,1H3,(H,25,26). The molecule has 5 aromatic rings. The van der Waals surface area contributed by atoms with Gasteiger partial charge in [0, 0.05) is 25.8 Å². The minimum Gasteiger partial charge on any atom is -0.339 e. The molecule has 0 aliphatic rings. The van der Waals surface area contributed by atoms with Crippen LogP contribution in [-0.4, -0.2) is 39.3 Å². The zero-order chi connectivity index (χ0) is 22.9. The minimum atomic E-state index is -0.310. The summed E-state index contributed by atoms with van der Waals surface area (Å²) in [5.74, 6) is 1.40. The summed E-state index contributed by atoms with van der Waals surface area (Å²) in [4.78, 5) is 24.9. The molecule has 170 valence electrons. The number of imidazole rings is 1. The van der Waals surface area contributed by atoms with Crippen molar-refractivity contribution in [3.8, 4) is 0 Å². The molecule has 0 amide bonds. The first kappa shape index (κ1) is 21.4. The Hall–Kier alpha value is -3.41. The maximum absolute atomic E-state index is 13.9. The van der Waals surface area contributed by atoms with Crippen molar-refractivity contribution in [1.82, 2.24) is 39.3 Å². The van der Waals surface area contributed by atoms with Gasteiger partial charge in [-0.15, -0.1) is 10.2 Å². The van der Waals surface area contributed by atoms with Crippen molar-refractivity contribution in [1.29, 1.82) is 0 Å². The van der Waals surface area contributed by atoms with Gasteiger partial charge in [0.25, 0.3) is 5.56 Å². The zero-order valence-electron chi connectivity index (χ0n) is 17.8. The maximum atomic E-state index is 13.9. The van der Waals surface area contributed by atoms with Gasteiger partial charge in [-0.3, -0.25) is 9.36 Å². The molecule has 4 heterocycles. The van der Waals surface area contributed by atoms with Gasteiger partial charge in [-0.1, -0.05) is 36.7 Å². The topological polar surface area (TPSA) is 120 Å². The van der Waals surface area contributed by atoms with Crippen molar-refractivity contribution in [2.24, 2.45) is 0 Å². The summed E-state index contributed by atoms with van der Waals surface area (Å²) in [6.07, 6.45) is 2.86. The highest BCUT2D eigenvalue weighted by molar-refractivity contribution is 9.10. The van der Waals surface area contributed by atoms with E-state index in [2.05, 4.69) is 53.2 Å². The average Bonchev–Trinajstić information content (AvgIpc) is 3.52. The molecule has 0 bridgehead atoms. The van der Waals surface area contributed by atoms with Crippen LogP contribution in [0.4, 0.5) is 4.39 Å². The van der Waals surface area contributed by atoms with Crippen LogP contribution in [0.15, 0.2) is 38.3 Å². The van der Waals surface area contributed by atoms with Crippen molar-refractivity contribution < 1.29 is 8.91 Å². The molecule has 0 fully saturated rings. The third kappa shape index (κ3) is 4.06. The quantitative estimate of drug-likeness (QED) is 0.315. The molecule has 5 rings (SSSR count). The smallest absolute Gasteiger partial charge is 0.286 e. The SMILES string of the molecule is CCCCn1c2nc(Br)[nH]c2c(=O)n2c(CCc3nc(Cc4ccccc4F)no3)nnc12. The first-order valence-electron chi connectivity index (χ1n) is 10.6. The predicted octanol–water partition coefficient (Wildman–Crippen LogP) is 3.23. The van der Waals surface area contributed by atoms with Crippen molar-refractivity contribution in [2.45, 2.75) is 45.6 Å². The second kappa shape index (κ2) is 8.85. The van der Waals surface area contributed by atoms with E-state index in [-0.39, 0.29) is 17.8 Å². The number of aromatic amines is 1. The fraction of sp³-hybridized carbons (Fsp3) is 0.333. The van der Waals surface area contributed by atoms with Gasteiger partial charge in [-0.2, -0.15) is 4.98 Å². The third-order valence-electron chi connectivity index (χ3n) is 5.40. The fourth-order valence-corrected chi connectivity index (χ4v) is 4.12. The van der Waals surface area contributed by atoms with E-state index >= 15 is 0 Å². The second-order valence-corrected chi connectivity index (χ2v) is 8.41. The van der Waals surface area contributed by atoms with Gasteiger partial charge >= 0.3 is 0 Å². The Morgan fingerprint density at radius 1 is 1.18 bits per heavy atom. The molecule has 10 nitrogen and oxygen atoms in total. The molecule has 0 radical (unpaired) electrons. The number of H-pyrrole nitrogens is 1. The number of hydrogen-bond acceptors (Lipinski definition) is 7. The highest BCUT2D eigenvalue weighted by Gasteiger charge is 2.20. The van der Waals surface area contributed by atoms with E-state index in [1.54, 1.807) is 18.2 Å².